The standard InChI is InChI=1S/C23H32N5O2.C8H16NO2.C2H5.Li/c1-5-7-8-13-19(29)30-23(3,4)15-28-18(14-25-6-2)27-20-21(28)16-11-9-10-12-17(16)26-22(20)24;1-5-6-9-7(10)11-8(2,3)4;1-2;/h9-12,25H,1,5-8,13-15H2,2-4H3,(H2,24,26);1,5-6H2,2-4H3,(H,9,10);1H2,2H3;/q3*-1;+1. The predicted molar refractivity (Wildman–Crippen MR) is 176 cm³/mol. The van der Waals surface area contributed by atoms with Gasteiger partial charge in [0.15, 0.2) is 5.82 Å². The van der Waals surface area contributed by atoms with Crippen LogP contribution >= 0.6 is 0 Å². The first-order valence-electron chi connectivity index (χ1n) is 15.0. The summed E-state index contributed by atoms with van der Waals surface area (Å²) in [5, 5.41) is 6.88. The van der Waals surface area contributed by atoms with Gasteiger partial charge in [-0.2, -0.15) is 19.8 Å². The Morgan fingerprint density at radius 1 is 1.00 bits per heavy atom. The molecule has 2 heterocycles. The minimum atomic E-state index is -0.699. The number of benzene rings is 1. The van der Waals surface area contributed by atoms with E-state index in [1.54, 1.807) is 6.92 Å². The number of nitrogen functional groups attached to an aromatic ring is 1. The van der Waals surface area contributed by atoms with E-state index in [1.807, 2.05) is 58.9 Å². The molecule has 1 aromatic carbocycles. The van der Waals surface area contributed by atoms with E-state index in [9.17, 15) is 9.59 Å². The van der Waals surface area contributed by atoms with Crippen LogP contribution in [-0.4, -0.2) is 50.9 Å². The maximum absolute atomic E-state index is 12.3. The number of amides is 1. The third-order valence-electron chi connectivity index (χ3n) is 5.88. The number of fused-ring (bicyclic) bond motifs is 3. The van der Waals surface area contributed by atoms with Crippen molar-refractivity contribution in [1.29, 1.82) is 0 Å². The van der Waals surface area contributed by atoms with Crippen LogP contribution < -0.4 is 35.2 Å². The molecule has 242 valence electrons. The summed E-state index contributed by atoms with van der Waals surface area (Å²) in [7, 11) is 0. The van der Waals surface area contributed by atoms with Crippen LogP contribution in [0.5, 0.6) is 0 Å². The molecule has 0 radical (unpaired) electrons. The van der Waals surface area contributed by atoms with Crippen LogP contribution in [0.2, 0.25) is 0 Å². The Morgan fingerprint density at radius 3 is 2.25 bits per heavy atom. The van der Waals surface area contributed by atoms with Crippen molar-refractivity contribution in [3.8, 4) is 0 Å². The summed E-state index contributed by atoms with van der Waals surface area (Å²) in [6, 6.07) is 7.89. The average Bonchev–Trinajstić information content (AvgIpc) is 3.29. The Labute approximate surface area is 276 Å². The molecular weight excluding hydrogens is 551 g/mol. The summed E-state index contributed by atoms with van der Waals surface area (Å²) in [6.45, 7) is 26.3. The number of carbonyl (C=O) groups is 2. The van der Waals surface area contributed by atoms with E-state index in [0.717, 1.165) is 48.1 Å². The first-order valence-corrected chi connectivity index (χ1v) is 15.0. The molecule has 0 fully saturated rings. The van der Waals surface area contributed by atoms with Crippen LogP contribution in [0.1, 0.15) is 86.4 Å². The van der Waals surface area contributed by atoms with Crippen molar-refractivity contribution >= 4 is 39.8 Å². The summed E-state index contributed by atoms with van der Waals surface area (Å²) in [5.41, 5.74) is 7.56. The maximum Gasteiger partial charge on any atom is 1.00 e. The Kier molecular flexibility index (Phi) is 19.0. The number of hydrogen-bond acceptors (Lipinski definition) is 8. The van der Waals surface area contributed by atoms with Crippen LogP contribution in [0.25, 0.3) is 21.9 Å². The number of unbranched alkanes of at least 4 members (excludes halogenated alkanes) is 2. The summed E-state index contributed by atoms with van der Waals surface area (Å²) < 4.78 is 12.9. The molecule has 0 atom stereocenters. The first kappa shape index (κ1) is 41.2. The quantitative estimate of drug-likeness (QED) is 0.124. The second-order valence-electron chi connectivity index (χ2n) is 11.4. The van der Waals surface area contributed by atoms with Gasteiger partial charge in [-0.1, -0.05) is 31.5 Å². The van der Waals surface area contributed by atoms with Gasteiger partial charge < -0.3 is 51.2 Å². The van der Waals surface area contributed by atoms with Crippen LogP contribution in [0.15, 0.2) is 24.3 Å². The molecule has 1 amide bonds. The van der Waals surface area contributed by atoms with Crippen LogP contribution in [0.3, 0.4) is 0 Å². The van der Waals surface area contributed by atoms with Gasteiger partial charge in [0.05, 0.1) is 24.1 Å². The number of nitrogens with two attached hydrogens (primary N) is 1. The van der Waals surface area contributed by atoms with Crippen molar-refractivity contribution < 1.29 is 37.9 Å². The van der Waals surface area contributed by atoms with Crippen molar-refractivity contribution in [2.24, 2.45) is 0 Å². The molecule has 0 saturated heterocycles. The van der Waals surface area contributed by atoms with E-state index in [-0.39, 0.29) is 30.9 Å². The van der Waals surface area contributed by atoms with Gasteiger partial charge in [0.1, 0.15) is 22.5 Å². The van der Waals surface area contributed by atoms with Crippen molar-refractivity contribution in [2.45, 2.75) is 105 Å². The largest absolute Gasteiger partial charge is 1.00 e. The number of ether oxygens (including phenoxy) is 2. The minimum Gasteiger partial charge on any atom is -0.458 e. The van der Waals surface area contributed by atoms with E-state index in [0.29, 0.717) is 43.8 Å². The fourth-order valence-corrected chi connectivity index (χ4v) is 4.17. The molecule has 2 aromatic heterocycles. The number of alkyl carbamates (subject to hydrolysis) is 1. The molecule has 3 aromatic rings. The molecule has 44 heavy (non-hydrogen) atoms. The molecule has 0 aliphatic rings. The monoisotopic (exact) mass is 604 g/mol. The number of anilines is 1. The molecule has 0 unspecified atom stereocenters. The molecule has 0 bridgehead atoms. The zero-order valence-corrected chi connectivity index (χ0v) is 28.3. The van der Waals surface area contributed by atoms with Gasteiger partial charge in [-0.25, -0.2) is 14.8 Å². The minimum absolute atomic E-state index is 0. The van der Waals surface area contributed by atoms with Crippen molar-refractivity contribution in [3.63, 3.8) is 0 Å². The van der Waals surface area contributed by atoms with Crippen molar-refractivity contribution in [3.05, 3.63) is 50.9 Å². The number of hydrogen-bond donors (Lipinski definition) is 3. The number of carbonyl (C=O) groups excluding carboxylic acids is 2. The van der Waals surface area contributed by atoms with E-state index >= 15 is 0 Å². The van der Waals surface area contributed by atoms with E-state index < -0.39 is 11.2 Å². The number of rotatable bonds is 12. The molecule has 0 saturated carbocycles. The number of nitrogens with one attached hydrogen (secondary N) is 2. The number of imidazole rings is 1. The Balaban J connectivity index is 0.00000112. The predicted octanol–water partition coefficient (Wildman–Crippen LogP) is 3.57. The third-order valence-corrected chi connectivity index (χ3v) is 5.88. The zero-order valence-electron chi connectivity index (χ0n) is 28.3. The van der Waals surface area contributed by atoms with Gasteiger partial charge >= 0.3 is 30.9 Å². The Bertz CT molecular complexity index is 1290. The smallest absolute Gasteiger partial charge is 0.458 e. The molecule has 4 N–H and O–H groups in total. The fourth-order valence-electron chi connectivity index (χ4n) is 4.17. The van der Waals surface area contributed by atoms with Gasteiger partial charge in [0.25, 0.3) is 0 Å². The van der Waals surface area contributed by atoms with Crippen molar-refractivity contribution in [2.75, 3.05) is 18.8 Å². The summed E-state index contributed by atoms with van der Waals surface area (Å²) in [5.74, 6) is 1.07. The van der Waals surface area contributed by atoms with Gasteiger partial charge in [-0.15, -0.1) is 0 Å². The van der Waals surface area contributed by atoms with Crippen LogP contribution in [0, 0.1) is 20.8 Å². The zero-order chi connectivity index (χ0) is 32.6. The Hall–Kier alpha value is -2.80. The number of pyridine rings is 1. The second-order valence-corrected chi connectivity index (χ2v) is 11.4. The molecular formula is C33H53LiN6O4-2. The molecule has 3 rings (SSSR count). The number of aromatic nitrogens is 3. The average molecular weight is 605 g/mol. The van der Waals surface area contributed by atoms with Gasteiger partial charge in [-0.05, 0) is 60.2 Å². The summed E-state index contributed by atoms with van der Waals surface area (Å²) in [6.07, 6.45) is 3.26. The van der Waals surface area contributed by atoms with Gasteiger partial charge in [0.2, 0.25) is 0 Å². The van der Waals surface area contributed by atoms with E-state index in [2.05, 4.69) is 47.9 Å². The summed E-state index contributed by atoms with van der Waals surface area (Å²) in [4.78, 5) is 32.5. The number of esters is 1. The first-order chi connectivity index (χ1) is 20.3. The van der Waals surface area contributed by atoms with Gasteiger partial charge in [-0.3, -0.25) is 4.79 Å². The van der Waals surface area contributed by atoms with Gasteiger partial charge in [0, 0.05) is 11.8 Å². The number of nitrogens with zero attached hydrogens (tertiary/aromatic N) is 3. The molecule has 0 aliphatic carbocycles. The SMILES string of the molecule is [CH2-]C.[CH2-]CCCCC(=O)OC(C)(C)Cn1c(CNCC)nc2c(N)nc3ccccc3c21.[CH2-]CCNC(=O)OC(C)(C)C.[Li+]. The fraction of sp³-hybridized carbons (Fsp3) is 0.545. The normalized spacial score (nSPS) is 11.0. The van der Waals surface area contributed by atoms with Crippen molar-refractivity contribution in [1.82, 2.24) is 25.2 Å². The van der Waals surface area contributed by atoms with E-state index in [4.69, 9.17) is 20.2 Å². The third kappa shape index (κ3) is 13.9. The topological polar surface area (TPSA) is 133 Å². The molecule has 0 aliphatic heterocycles. The molecule has 11 heteroatoms. The Morgan fingerprint density at radius 2 is 1.66 bits per heavy atom. The van der Waals surface area contributed by atoms with Crippen LogP contribution in [0.4, 0.5) is 10.6 Å². The summed E-state index contributed by atoms with van der Waals surface area (Å²) >= 11 is 0. The number of para-hydroxylation sites is 1. The molecule has 0 spiro atoms. The second kappa shape index (κ2) is 20.3. The van der Waals surface area contributed by atoms with Crippen LogP contribution in [-0.2, 0) is 27.4 Å². The maximum atomic E-state index is 12.3. The van der Waals surface area contributed by atoms with E-state index in [1.165, 1.54) is 0 Å². The molecule has 10 nitrogen and oxygen atoms in total.